The zero-order valence-electron chi connectivity index (χ0n) is 13.5. The second kappa shape index (κ2) is 9.30. The fraction of sp³-hybridized carbons (Fsp3) is 0.235. The van der Waals surface area contributed by atoms with Gasteiger partial charge in [-0.05, 0) is 36.4 Å². The number of anilines is 1. The van der Waals surface area contributed by atoms with Gasteiger partial charge in [0.2, 0.25) is 0 Å². The molecule has 2 rings (SSSR count). The van der Waals surface area contributed by atoms with E-state index in [1.54, 1.807) is 44.2 Å². The number of hydrogen-bond acceptors (Lipinski definition) is 4. The van der Waals surface area contributed by atoms with Crippen LogP contribution >= 0.6 is 23.4 Å². The molecule has 0 unspecified atom stereocenters. The molecule has 7 heteroatoms. The third kappa shape index (κ3) is 5.54. The van der Waals surface area contributed by atoms with Crippen LogP contribution in [0.2, 0.25) is 5.02 Å². The predicted molar refractivity (Wildman–Crippen MR) is 98.7 cm³/mol. The van der Waals surface area contributed by atoms with Gasteiger partial charge in [0.15, 0.2) is 0 Å². The van der Waals surface area contributed by atoms with Gasteiger partial charge in [-0.2, -0.15) is 0 Å². The molecular weight excluding hydrogens is 348 g/mol. The Labute approximate surface area is 150 Å². The van der Waals surface area contributed by atoms with Crippen molar-refractivity contribution in [2.75, 3.05) is 31.8 Å². The van der Waals surface area contributed by atoms with Gasteiger partial charge in [-0.25, -0.2) is 4.79 Å². The van der Waals surface area contributed by atoms with Crippen molar-refractivity contribution in [3.8, 4) is 11.5 Å². The Morgan fingerprint density at radius 2 is 1.88 bits per heavy atom. The summed E-state index contributed by atoms with van der Waals surface area (Å²) in [5.41, 5.74) is 0.584. The Bertz CT molecular complexity index is 680. The molecule has 0 radical (unpaired) electrons. The quantitative estimate of drug-likeness (QED) is 0.567. The van der Waals surface area contributed by atoms with E-state index in [1.807, 2.05) is 24.3 Å². The van der Waals surface area contributed by atoms with Gasteiger partial charge in [-0.3, -0.25) is 0 Å². The molecule has 0 bridgehead atoms. The Kier molecular flexibility index (Phi) is 7.08. The molecule has 2 N–H and O–H groups in total. The first-order valence-electron chi connectivity index (χ1n) is 7.27. The van der Waals surface area contributed by atoms with E-state index in [2.05, 4.69) is 10.6 Å². The van der Waals surface area contributed by atoms with E-state index in [-0.39, 0.29) is 6.03 Å². The number of carbonyl (C=O) groups excluding carboxylic acids is 1. The predicted octanol–water partition coefficient (Wildman–Crippen LogP) is 4.27. The van der Waals surface area contributed by atoms with Crippen LogP contribution in [0.3, 0.4) is 0 Å². The summed E-state index contributed by atoms with van der Waals surface area (Å²) in [6.45, 7) is 0.539. The van der Waals surface area contributed by atoms with E-state index >= 15 is 0 Å². The molecule has 0 aliphatic carbocycles. The average molecular weight is 367 g/mol. The normalized spacial score (nSPS) is 10.1. The minimum Gasteiger partial charge on any atom is -0.497 e. The highest BCUT2D eigenvalue weighted by Crippen LogP contribution is 2.28. The summed E-state index contributed by atoms with van der Waals surface area (Å²) in [5, 5.41) is 6.28. The maximum atomic E-state index is 12.0. The lowest BCUT2D eigenvalue weighted by Gasteiger charge is -2.12. The lowest BCUT2D eigenvalue weighted by molar-refractivity contribution is 0.252. The van der Waals surface area contributed by atoms with Gasteiger partial charge in [0.25, 0.3) is 0 Å². The van der Waals surface area contributed by atoms with Crippen LogP contribution in [0.4, 0.5) is 10.5 Å². The maximum absolute atomic E-state index is 12.0. The van der Waals surface area contributed by atoms with Crippen LogP contribution in [0, 0.1) is 0 Å². The molecule has 0 heterocycles. The van der Waals surface area contributed by atoms with Crippen molar-refractivity contribution in [2.24, 2.45) is 0 Å². The topological polar surface area (TPSA) is 59.6 Å². The van der Waals surface area contributed by atoms with Crippen molar-refractivity contribution in [1.82, 2.24) is 5.32 Å². The Morgan fingerprint density at radius 3 is 2.54 bits per heavy atom. The monoisotopic (exact) mass is 366 g/mol. The van der Waals surface area contributed by atoms with E-state index in [9.17, 15) is 4.79 Å². The van der Waals surface area contributed by atoms with Crippen LogP contribution in [-0.4, -0.2) is 32.5 Å². The summed E-state index contributed by atoms with van der Waals surface area (Å²) >= 11 is 7.49. The van der Waals surface area contributed by atoms with Gasteiger partial charge in [0.1, 0.15) is 11.5 Å². The molecule has 128 valence electrons. The average Bonchev–Trinajstić information content (AvgIpc) is 2.60. The van der Waals surface area contributed by atoms with E-state index < -0.39 is 0 Å². The van der Waals surface area contributed by atoms with Crippen LogP contribution in [0.5, 0.6) is 11.5 Å². The first-order valence-corrected chi connectivity index (χ1v) is 8.64. The number of amides is 2. The molecule has 2 amide bonds. The summed E-state index contributed by atoms with van der Waals surface area (Å²) in [6.07, 6.45) is 0. The Hall–Kier alpha value is -2.05. The van der Waals surface area contributed by atoms with Crippen LogP contribution in [-0.2, 0) is 0 Å². The standard InChI is InChI=1S/C17H19ClN2O3S/c1-22-13-5-8-15(16(11-13)23-2)20-17(21)19-9-10-24-14-6-3-12(18)4-7-14/h3-8,11H,9-10H2,1-2H3,(H2,19,20,21). The number of carbonyl (C=O) groups is 1. The van der Waals surface area contributed by atoms with Crippen LogP contribution in [0.25, 0.3) is 0 Å². The van der Waals surface area contributed by atoms with Crippen molar-refractivity contribution in [3.05, 3.63) is 47.5 Å². The number of hydrogen-bond donors (Lipinski definition) is 2. The molecule has 0 aromatic heterocycles. The number of benzene rings is 2. The molecule has 0 fully saturated rings. The fourth-order valence-corrected chi connectivity index (χ4v) is 2.83. The summed E-state index contributed by atoms with van der Waals surface area (Å²) in [5.74, 6) is 1.96. The second-order valence-electron chi connectivity index (χ2n) is 4.75. The number of thioether (sulfide) groups is 1. The number of halogens is 1. The molecule has 0 aliphatic heterocycles. The van der Waals surface area contributed by atoms with Gasteiger partial charge >= 0.3 is 6.03 Å². The number of urea groups is 1. The van der Waals surface area contributed by atoms with E-state index in [0.717, 1.165) is 10.6 Å². The fourth-order valence-electron chi connectivity index (χ4n) is 1.93. The minimum atomic E-state index is -0.282. The molecule has 0 aliphatic rings. The van der Waals surface area contributed by atoms with Gasteiger partial charge in [0, 0.05) is 28.3 Å². The highest BCUT2D eigenvalue weighted by Gasteiger charge is 2.08. The molecule has 0 atom stereocenters. The highest BCUT2D eigenvalue weighted by molar-refractivity contribution is 7.99. The van der Waals surface area contributed by atoms with Crippen molar-refractivity contribution < 1.29 is 14.3 Å². The van der Waals surface area contributed by atoms with Crippen molar-refractivity contribution >= 4 is 35.1 Å². The first-order chi connectivity index (χ1) is 11.6. The van der Waals surface area contributed by atoms with Crippen LogP contribution in [0.15, 0.2) is 47.4 Å². The maximum Gasteiger partial charge on any atom is 0.319 e. The zero-order chi connectivity index (χ0) is 17.4. The SMILES string of the molecule is COc1ccc(NC(=O)NCCSc2ccc(Cl)cc2)c(OC)c1. The van der Waals surface area contributed by atoms with Crippen LogP contribution < -0.4 is 20.1 Å². The number of ether oxygens (including phenoxy) is 2. The Balaban J connectivity index is 1.78. The molecule has 2 aromatic rings. The summed E-state index contributed by atoms with van der Waals surface area (Å²) in [6, 6.07) is 12.5. The first kappa shape index (κ1) is 18.3. The molecule has 24 heavy (non-hydrogen) atoms. The van der Waals surface area contributed by atoms with E-state index in [4.69, 9.17) is 21.1 Å². The van der Waals surface area contributed by atoms with Crippen molar-refractivity contribution in [1.29, 1.82) is 0 Å². The molecule has 5 nitrogen and oxygen atoms in total. The summed E-state index contributed by atoms with van der Waals surface area (Å²) in [7, 11) is 3.12. The Morgan fingerprint density at radius 1 is 1.12 bits per heavy atom. The van der Waals surface area contributed by atoms with E-state index in [1.165, 1.54) is 0 Å². The smallest absolute Gasteiger partial charge is 0.319 e. The van der Waals surface area contributed by atoms with Crippen molar-refractivity contribution in [2.45, 2.75) is 4.90 Å². The minimum absolute atomic E-state index is 0.282. The number of nitrogens with one attached hydrogen (secondary N) is 2. The molecule has 2 aromatic carbocycles. The molecule has 0 saturated heterocycles. The lowest BCUT2D eigenvalue weighted by atomic mass is 10.2. The van der Waals surface area contributed by atoms with Crippen LogP contribution in [0.1, 0.15) is 0 Å². The van der Waals surface area contributed by atoms with Gasteiger partial charge in [0.05, 0.1) is 19.9 Å². The zero-order valence-corrected chi connectivity index (χ0v) is 15.0. The summed E-state index contributed by atoms with van der Waals surface area (Å²) in [4.78, 5) is 13.1. The van der Waals surface area contributed by atoms with Crippen molar-refractivity contribution in [3.63, 3.8) is 0 Å². The molecular formula is C17H19ClN2O3S. The molecule has 0 saturated carbocycles. The third-order valence-electron chi connectivity index (χ3n) is 3.13. The van der Waals surface area contributed by atoms with Gasteiger partial charge in [-0.1, -0.05) is 11.6 Å². The summed E-state index contributed by atoms with van der Waals surface area (Å²) < 4.78 is 10.4. The van der Waals surface area contributed by atoms with E-state index in [0.29, 0.717) is 28.8 Å². The largest absolute Gasteiger partial charge is 0.497 e. The van der Waals surface area contributed by atoms with Gasteiger partial charge < -0.3 is 20.1 Å². The lowest BCUT2D eigenvalue weighted by Crippen LogP contribution is -2.30. The second-order valence-corrected chi connectivity index (χ2v) is 6.35. The number of rotatable bonds is 7. The van der Waals surface area contributed by atoms with Gasteiger partial charge in [-0.15, -0.1) is 11.8 Å². The molecule has 0 spiro atoms. The number of methoxy groups -OCH3 is 2. The third-order valence-corrected chi connectivity index (χ3v) is 4.39. The highest BCUT2D eigenvalue weighted by atomic mass is 35.5.